The van der Waals surface area contributed by atoms with Crippen LogP contribution in [0.2, 0.25) is 0 Å². The Hall–Kier alpha value is -1.66. The summed E-state index contributed by atoms with van der Waals surface area (Å²) in [5.41, 5.74) is 2.07. The van der Waals surface area contributed by atoms with E-state index in [1.54, 1.807) is 0 Å². The number of H-pyrrole nitrogens is 1. The predicted octanol–water partition coefficient (Wildman–Crippen LogP) is 2.03. The number of hydrogen-bond acceptors (Lipinski definition) is 4. The molecule has 0 amide bonds. The van der Waals surface area contributed by atoms with Crippen LogP contribution < -0.4 is 10.0 Å². The van der Waals surface area contributed by atoms with E-state index in [1.807, 2.05) is 55.4 Å². The van der Waals surface area contributed by atoms with E-state index < -0.39 is 10.0 Å². The minimum atomic E-state index is -3.15. The first-order valence-corrected chi connectivity index (χ1v) is 10.8. The smallest absolute Gasteiger partial charge is 0.208 e. The zero-order chi connectivity index (χ0) is 19.7. The average Bonchev–Trinajstić information content (AvgIpc) is 3.09. The van der Waals surface area contributed by atoms with Crippen molar-refractivity contribution in [2.45, 2.75) is 19.9 Å². The van der Waals surface area contributed by atoms with Crippen LogP contribution in [0, 0.1) is 0 Å². The molecule has 0 bridgehead atoms. The Bertz CT molecular complexity index is 839. The van der Waals surface area contributed by atoms with E-state index >= 15 is 0 Å². The highest BCUT2D eigenvalue weighted by Gasteiger charge is 2.10. The van der Waals surface area contributed by atoms with Crippen molar-refractivity contribution in [1.29, 1.82) is 0 Å². The quantitative estimate of drug-likeness (QED) is 0.203. The third kappa shape index (κ3) is 8.57. The molecule has 1 aromatic carbocycles. The first-order chi connectivity index (χ1) is 12.9. The SMILES string of the molecule is CCNC(=NCCCNS(C)(=O)=O)N(C)Cc1ncc(-c2ccccc2)[nH]1.I. The highest BCUT2D eigenvalue weighted by molar-refractivity contribution is 14.0. The monoisotopic (exact) mass is 520 g/mol. The van der Waals surface area contributed by atoms with Crippen LogP contribution in [-0.2, 0) is 16.6 Å². The molecule has 0 saturated carbocycles. The summed E-state index contributed by atoms with van der Waals surface area (Å²) in [4.78, 5) is 14.3. The lowest BCUT2D eigenvalue weighted by atomic mass is 10.2. The molecule has 0 fully saturated rings. The number of imidazole rings is 1. The molecule has 156 valence electrons. The number of aromatic nitrogens is 2. The lowest BCUT2D eigenvalue weighted by Crippen LogP contribution is -2.39. The molecule has 0 atom stereocenters. The number of nitrogens with zero attached hydrogens (tertiary/aromatic N) is 3. The molecule has 0 aliphatic carbocycles. The van der Waals surface area contributed by atoms with Crippen LogP contribution in [0.3, 0.4) is 0 Å². The molecule has 0 aliphatic heterocycles. The van der Waals surface area contributed by atoms with Gasteiger partial charge in [-0.3, -0.25) is 4.99 Å². The fraction of sp³-hybridized carbons (Fsp3) is 0.444. The summed E-state index contributed by atoms with van der Waals surface area (Å²) in [6.07, 6.45) is 3.62. The van der Waals surface area contributed by atoms with E-state index in [0.29, 0.717) is 26.1 Å². The van der Waals surface area contributed by atoms with Crippen LogP contribution in [0.25, 0.3) is 11.3 Å². The Morgan fingerprint density at radius 3 is 2.64 bits per heavy atom. The van der Waals surface area contributed by atoms with E-state index in [4.69, 9.17) is 0 Å². The van der Waals surface area contributed by atoms with Gasteiger partial charge in [-0.2, -0.15) is 0 Å². The number of aromatic amines is 1. The van der Waals surface area contributed by atoms with Crippen molar-refractivity contribution in [2.24, 2.45) is 4.99 Å². The van der Waals surface area contributed by atoms with Gasteiger partial charge in [0.05, 0.1) is 24.7 Å². The van der Waals surface area contributed by atoms with E-state index in [1.165, 1.54) is 0 Å². The fourth-order valence-corrected chi connectivity index (χ4v) is 3.01. The van der Waals surface area contributed by atoms with E-state index in [2.05, 4.69) is 25.0 Å². The van der Waals surface area contributed by atoms with Crippen molar-refractivity contribution in [1.82, 2.24) is 24.9 Å². The van der Waals surface area contributed by atoms with Gasteiger partial charge in [0.1, 0.15) is 5.82 Å². The summed E-state index contributed by atoms with van der Waals surface area (Å²) >= 11 is 0. The van der Waals surface area contributed by atoms with Gasteiger partial charge in [0.15, 0.2) is 5.96 Å². The van der Waals surface area contributed by atoms with Gasteiger partial charge < -0.3 is 15.2 Å². The predicted molar refractivity (Wildman–Crippen MR) is 124 cm³/mol. The number of rotatable bonds is 9. The van der Waals surface area contributed by atoms with Crippen LogP contribution >= 0.6 is 24.0 Å². The summed E-state index contributed by atoms with van der Waals surface area (Å²) in [6, 6.07) is 10.1. The molecule has 1 aromatic heterocycles. The van der Waals surface area contributed by atoms with Crippen LogP contribution in [0.5, 0.6) is 0 Å². The molecule has 10 heteroatoms. The highest BCUT2D eigenvalue weighted by atomic mass is 127. The van der Waals surface area contributed by atoms with Crippen molar-refractivity contribution in [3.8, 4) is 11.3 Å². The molecule has 1 heterocycles. The maximum atomic E-state index is 11.1. The van der Waals surface area contributed by atoms with Gasteiger partial charge in [-0.05, 0) is 18.9 Å². The summed E-state index contributed by atoms with van der Waals surface area (Å²) < 4.78 is 24.6. The summed E-state index contributed by atoms with van der Waals surface area (Å²) in [5, 5.41) is 3.24. The number of guanidine groups is 1. The molecule has 2 aromatic rings. The molecule has 0 aliphatic rings. The van der Waals surface area contributed by atoms with Crippen molar-refractivity contribution in [2.75, 3.05) is 32.9 Å². The second-order valence-corrected chi connectivity index (χ2v) is 8.05. The first-order valence-electron chi connectivity index (χ1n) is 8.92. The Labute approximate surface area is 184 Å². The topological polar surface area (TPSA) is 102 Å². The standard InChI is InChI=1S/C18H28N6O2S.HI/c1-4-19-18(20-11-8-12-22-27(3,25)26)24(2)14-17-21-13-16(23-17)15-9-6-5-7-10-15;/h5-7,9-10,13,22H,4,8,11-12,14H2,1-3H3,(H,19,20)(H,21,23);1H. The van der Waals surface area contributed by atoms with E-state index in [0.717, 1.165) is 35.8 Å². The Balaban J connectivity index is 0.00000392. The van der Waals surface area contributed by atoms with Gasteiger partial charge >= 0.3 is 0 Å². The summed E-state index contributed by atoms with van der Waals surface area (Å²) in [7, 11) is -1.20. The first kappa shape index (κ1) is 24.4. The number of halogens is 1. The van der Waals surface area contributed by atoms with Crippen LogP contribution in [0.15, 0.2) is 41.5 Å². The number of benzene rings is 1. The van der Waals surface area contributed by atoms with Crippen LogP contribution in [0.4, 0.5) is 0 Å². The molecule has 0 radical (unpaired) electrons. The summed E-state index contributed by atoms with van der Waals surface area (Å²) in [5.74, 6) is 1.61. The van der Waals surface area contributed by atoms with Gasteiger partial charge in [0.2, 0.25) is 10.0 Å². The molecule has 3 N–H and O–H groups in total. The van der Waals surface area contributed by atoms with E-state index in [-0.39, 0.29) is 24.0 Å². The molecule has 0 spiro atoms. The van der Waals surface area contributed by atoms with E-state index in [9.17, 15) is 8.42 Å². The van der Waals surface area contributed by atoms with Gasteiger partial charge in [0.25, 0.3) is 0 Å². The third-order valence-electron chi connectivity index (χ3n) is 3.76. The minimum Gasteiger partial charge on any atom is -0.357 e. The molecule has 0 unspecified atom stereocenters. The van der Waals surface area contributed by atoms with Crippen molar-refractivity contribution >= 4 is 40.0 Å². The van der Waals surface area contributed by atoms with Gasteiger partial charge in [-0.1, -0.05) is 30.3 Å². The van der Waals surface area contributed by atoms with Gasteiger partial charge in [-0.15, -0.1) is 24.0 Å². The Kier molecular flexibility index (Phi) is 10.5. The van der Waals surface area contributed by atoms with Gasteiger partial charge in [-0.25, -0.2) is 18.1 Å². The number of aliphatic imine (C=N–C) groups is 1. The summed E-state index contributed by atoms with van der Waals surface area (Å²) in [6.45, 7) is 4.25. The average molecular weight is 520 g/mol. The van der Waals surface area contributed by atoms with Crippen molar-refractivity contribution in [3.05, 3.63) is 42.4 Å². The number of hydrogen-bond donors (Lipinski definition) is 3. The fourth-order valence-electron chi connectivity index (χ4n) is 2.50. The molecule has 0 saturated heterocycles. The maximum absolute atomic E-state index is 11.1. The lowest BCUT2D eigenvalue weighted by molar-refractivity contribution is 0.463. The highest BCUT2D eigenvalue weighted by Crippen LogP contribution is 2.16. The molecular formula is C18H29IN6O2S. The van der Waals surface area contributed by atoms with Crippen LogP contribution in [-0.4, -0.2) is 62.2 Å². The zero-order valence-electron chi connectivity index (χ0n) is 16.5. The largest absolute Gasteiger partial charge is 0.357 e. The number of nitrogens with one attached hydrogen (secondary N) is 3. The molecule has 2 rings (SSSR count). The molecule has 28 heavy (non-hydrogen) atoms. The third-order valence-corrected chi connectivity index (χ3v) is 4.49. The maximum Gasteiger partial charge on any atom is 0.208 e. The zero-order valence-corrected chi connectivity index (χ0v) is 19.6. The molecular weight excluding hydrogens is 491 g/mol. The normalized spacial score (nSPS) is 11.8. The van der Waals surface area contributed by atoms with Crippen molar-refractivity contribution in [3.63, 3.8) is 0 Å². The lowest BCUT2D eigenvalue weighted by Gasteiger charge is -2.21. The van der Waals surface area contributed by atoms with Crippen molar-refractivity contribution < 1.29 is 8.42 Å². The van der Waals surface area contributed by atoms with Crippen LogP contribution in [0.1, 0.15) is 19.2 Å². The molecule has 8 nitrogen and oxygen atoms in total. The minimum absolute atomic E-state index is 0. The Morgan fingerprint density at radius 2 is 2.00 bits per heavy atom. The van der Waals surface area contributed by atoms with Gasteiger partial charge in [0, 0.05) is 26.7 Å². The second-order valence-electron chi connectivity index (χ2n) is 6.22. The number of sulfonamides is 1. The second kappa shape index (κ2) is 12.0. The Morgan fingerprint density at radius 1 is 1.29 bits per heavy atom.